The second-order valence-corrected chi connectivity index (χ2v) is 7.43. The highest BCUT2D eigenvalue weighted by Crippen LogP contribution is 2.28. The number of benzene rings is 1. The van der Waals surface area contributed by atoms with E-state index in [0.717, 1.165) is 10.9 Å². The Kier molecular flexibility index (Phi) is 3.62. The van der Waals surface area contributed by atoms with Gasteiger partial charge in [-0.3, -0.25) is 9.78 Å². The number of aromatic nitrogens is 1. The van der Waals surface area contributed by atoms with E-state index in [1.54, 1.807) is 12.3 Å². The van der Waals surface area contributed by atoms with Crippen molar-refractivity contribution in [1.29, 1.82) is 0 Å². The Hall–Kier alpha value is -1.99. The third-order valence-electron chi connectivity index (χ3n) is 3.93. The molecule has 1 aliphatic rings. The summed E-state index contributed by atoms with van der Waals surface area (Å²) in [5.74, 6) is -1.59. The SMILES string of the molecule is Cc1cnc2c(S(=O)(=O)N3CC[C@@H](C(=O)O)C3)cccc2c1. The monoisotopic (exact) mass is 320 g/mol. The molecule has 0 spiro atoms. The lowest BCUT2D eigenvalue weighted by molar-refractivity contribution is -0.141. The van der Waals surface area contributed by atoms with Crippen molar-refractivity contribution in [2.24, 2.45) is 5.92 Å². The van der Waals surface area contributed by atoms with E-state index in [4.69, 9.17) is 5.11 Å². The third kappa shape index (κ3) is 2.46. The first-order valence-corrected chi connectivity index (χ1v) is 8.42. The number of rotatable bonds is 3. The first-order valence-electron chi connectivity index (χ1n) is 6.98. The van der Waals surface area contributed by atoms with Crippen LogP contribution in [0.5, 0.6) is 0 Å². The summed E-state index contributed by atoms with van der Waals surface area (Å²) in [4.78, 5) is 15.4. The van der Waals surface area contributed by atoms with Gasteiger partial charge in [-0.2, -0.15) is 4.31 Å². The van der Waals surface area contributed by atoms with Gasteiger partial charge in [-0.05, 0) is 31.0 Å². The second-order valence-electron chi connectivity index (χ2n) is 5.53. The lowest BCUT2D eigenvalue weighted by Crippen LogP contribution is -2.30. The van der Waals surface area contributed by atoms with Crippen molar-refractivity contribution < 1.29 is 18.3 Å². The molecule has 1 aromatic carbocycles. The fourth-order valence-corrected chi connectivity index (χ4v) is 4.40. The van der Waals surface area contributed by atoms with E-state index in [1.165, 1.54) is 10.4 Å². The molecule has 1 atom stereocenters. The van der Waals surface area contributed by atoms with Gasteiger partial charge in [0.15, 0.2) is 0 Å². The van der Waals surface area contributed by atoms with Crippen molar-refractivity contribution in [3.05, 3.63) is 36.0 Å². The van der Waals surface area contributed by atoms with Crippen LogP contribution in [0.3, 0.4) is 0 Å². The number of para-hydroxylation sites is 1. The number of hydrogen-bond donors (Lipinski definition) is 1. The minimum atomic E-state index is -3.74. The van der Waals surface area contributed by atoms with Gasteiger partial charge in [0.05, 0.1) is 11.4 Å². The van der Waals surface area contributed by atoms with E-state index in [2.05, 4.69) is 4.98 Å². The highest BCUT2D eigenvalue weighted by atomic mass is 32.2. The van der Waals surface area contributed by atoms with Crippen molar-refractivity contribution in [3.8, 4) is 0 Å². The minimum absolute atomic E-state index is 0.0138. The number of nitrogens with zero attached hydrogens (tertiary/aromatic N) is 2. The molecule has 2 heterocycles. The molecule has 0 saturated carbocycles. The zero-order chi connectivity index (χ0) is 15.9. The molecule has 3 rings (SSSR count). The van der Waals surface area contributed by atoms with Crippen LogP contribution in [-0.4, -0.2) is 41.9 Å². The van der Waals surface area contributed by atoms with Gasteiger partial charge in [0, 0.05) is 24.7 Å². The topological polar surface area (TPSA) is 87.6 Å². The standard InChI is InChI=1S/C15H16N2O4S/c1-10-7-11-3-2-4-13(14(11)16-8-10)22(20,21)17-6-5-12(9-17)15(18)19/h2-4,7-8,12H,5-6,9H2,1H3,(H,18,19)/t12-/m1/s1. The predicted octanol–water partition coefficient (Wildman–Crippen LogP) is 1.64. The van der Waals surface area contributed by atoms with Gasteiger partial charge in [-0.25, -0.2) is 8.42 Å². The van der Waals surface area contributed by atoms with Gasteiger partial charge in [0.1, 0.15) is 4.90 Å². The molecule has 0 aliphatic carbocycles. The Morgan fingerprint density at radius 3 is 2.86 bits per heavy atom. The Labute approximate surface area is 128 Å². The van der Waals surface area contributed by atoms with Crippen LogP contribution in [0.15, 0.2) is 35.4 Å². The normalized spacial score (nSPS) is 19.6. The van der Waals surface area contributed by atoms with Crippen LogP contribution >= 0.6 is 0 Å². The molecule has 6 nitrogen and oxygen atoms in total. The lowest BCUT2D eigenvalue weighted by atomic mass is 10.1. The van der Waals surface area contributed by atoms with Gasteiger partial charge in [-0.15, -0.1) is 0 Å². The van der Waals surface area contributed by atoms with Crippen LogP contribution in [0.1, 0.15) is 12.0 Å². The fraction of sp³-hybridized carbons (Fsp3) is 0.333. The molecular formula is C15H16N2O4S. The molecule has 0 bridgehead atoms. The van der Waals surface area contributed by atoms with Gasteiger partial charge >= 0.3 is 5.97 Å². The van der Waals surface area contributed by atoms with Gasteiger partial charge < -0.3 is 5.11 Å². The number of aliphatic carboxylic acids is 1. The van der Waals surface area contributed by atoms with Crippen molar-refractivity contribution in [3.63, 3.8) is 0 Å². The maximum atomic E-state index is 12.8. The quantitative estimate of drug-likeness (QED) is 0.929. The smallest absolute Gasteiger partial charge is 0.307 e. The number of carboxylic acid groups (broad SMARTS) is 1. The summed E-state index contributed by atoms with van der Waals surface area (Å²) in [6.07, 6.45) is 1.97. The molecule has 1 N–H and O–H groups in total. The Bertz CT molecular complexity index is 848. The third-order valence-corrected chi connectivity index (χ3v) is 5.83. The summed E-state index contributed by atoms with van der Waals surface area (Å²) in [5, 5.41) is 9.80. The van der Waals surface area contributed by atoms with Crippen molar-refractivity contribution in [1.82, 2.24) is 9.29 Å². The summed E-state index contributed by atoms with van der Waals surface area (Å²) in [7, 11) is -3.74. The predicted molar refractivity (Wildman–Crippen MR) is 81.0 cm³/mol. The molecule has 116 valence electrons. The number of pyridine rings is 1. The number of fused-ring (bicyclic) bond motifs is 1. The van der Waals surface area contributed by atoms with Crippen LogP contribution in [0.25, 0.3) is 10.9 Å². The van der Waals surface area contributed by atoms with Gasteiger partial charge in [0.25, 0.3) is 0 Å². The lowest BCUT2D eigenvalue weighted by Gasteiger charge is -2.17. The molecule has 0 amide bonds. The zero-order valence-corrected chi connectivity index (χ0v) is 12.9. The molecule has 7 heteroatoms. The summed E-state index contributed by atoms with van der Waals surface area (Å²) in [6.45, 7) is 2.13. The van der Waals surface area contributed by atoms with E-state index in [1.807, 2.05) is 19.1 Å². The molecule has 1 fully saturated rings. The van der Waals surface area contributed by atoms with Gasteiger partial charge in [0.2, 0.25) is 10.0 Å². The number of aryl methyl sites for hydroxylation is 1. The fourth-order valence-electron chi connectivity index (χ4n) is 2.74. The Morgan fingerprint density at radius 2 is 2.18 bits per heavy atom. The minimum Gasteiger partial charge on any atom is -0.481 e. The largest absolute Gasteiger partial charge is 0.481 e. The first-order chi connectivity index (χ1) is 10.4. The number of carboxylic acids is 1. The first kappa shape index (κ1) is 14.9. The molecular weight excluding hydrogens is 304 g/mol. The average molecular weight is 320 g/mol. The Morgan fingerprint density at radius 1 is 1.41 bits per heavy atom. The highest BCUT2D eigenvalue weighted by molar-refractivity contribution is 7.89. The maximum absolute atomic E-state index is 12.8. The van der Waals surface area contributed by atoms with Crippen molar-refractivity contribution in [2.75, 3.05) is 13.1 Å². The summed E-state index contributed by atoms with van der Waals surface area (Å²) < 4.78 is 26.8. The van der Waals surface area contributed by atoms with Crippen LogP contribution in [0.4, 0.5) is 0 Å². The molecule has 1 aliphatic heterocycles. The molecule has 1 saturated heterocycles. The number of carbonyl (C=O) groups is 1. The molecule has 0 radical (unpaired) electrons. The summed E-state index contributed by atoms with van der Waals surface area (Å²) >= 11 is 0. The highest BCUT2D eigenvalue weighted by Gasteiger charge is 2.36. The van der Waals surface area contributed by atoms with Crippen LogP contribution in [-0.2, 0) is 14.8 Å². The van der Waals surface area contributed by atoms with Crippen LogP contribution < -0.4 is 0 Å². The maximum Gasteiger partial charge on any atom is 0.307 e. The second kappa shape index (κ2) is 5.33. The van der Waals surface area contributed by atoms with Crippen molar-refractivity contribution >= 4 is 26.9 Å². The molecule has 0 unspecified atom stereocenters. The molecule has 1 aromatic heterocycles. The Balaban J connectivity index is 2.05. The van der Waals surface area contributed by atoms with Crippen LogP contribution in [0.2, 0.25) is 0 Å². The van der Waals surface area contributed by atoms with Gasteiger partial charge in [-0.1, -0.05) is 12.1 Å². The number of hydrogen-bond acceptors (Lipinski definition) is 4. The van der Waals surface area contributed by atoms with E-state index in [-0.39, 0.29) is 18.0 Å². The average Bonchev–Trinajstić information content (AvgIpc) is 2.97. The van der Waals surface area contributed by atoms with E-state index < -0.39 is 21.9 Å². The van der Waals surface area contributed by atoms with E-state index in [0.29, 0.717) is 11.9 Å². The van der Waals surface area contributed by atoms with E-state index in [9.17, 15) is 13.2 Å². The van der Waals surface area contributed by atoms with Crippen molar-refractivity contribution in [2.45, 2.75) is 18.2 Å². The summed E-state index contributed by atoms with van der Waals surface area (Å²) in [6, 6.07) is 6.90. The number of sulfonamides is 1. The van der Waals surface area contributed by atoms with E-state index >= 15 is 0 Å². The molecule has 2 aromatic rings. The van der Waals surface area contributed by atoms with Crippen LogP contribution in [0, 0.1) is 12.8 Å². The summed E-state index contributed by atoms with van der Waals surface area (Å²) in [5.41, 5.74) is 1.38. The zero-order valence-electron chi connectivity index (χ0n) is 12.1. The molecule has 22 heavy (non-hydrogen) atoms.